The molecule has 0 bridgehead atoms. The molecule has 1 fully saturated rings. The van der Waals surface area contributed by atoms with Gasteiger partial charge >= 0.3 is 5.97 Å². The van der Waals surface area contributed by atoms with E-state index in [2.05, 4.69) is 18.3 Å². The molecule has 1 aliphatic rings. The second-order valence-corrected chi connectivity index (χ2v) is 8.70. The third-order valence-electron chi connectivity index (χ3n) is 5.62. The van der Waals surface area contributed by atoms with Gasteiger partial charge in [0.05, 0.1) is 11.3 Å². The number of hydrogen-bond donors (Lipinski definition) is 2. The Morgan fingerprint density at radius 1 is 1.21 bits per heavy atom. The van der Waals surface area contributed by atoms with Gasteiger partial charge in [-0.2, -0.15) is 0 Å². The first-order valence-corrected chi connectivity index (χ1v) is 10.9. The van der Waals surface area contributed by atoms with Gasteiger partial charge in [-0.3, -0.25) is 4.79 Å². The normalized spacial score (nSPS) is 19.4. The van der Waals surface area contributed by atoms with Crippen LogP contribution in [0.2, 0.25) is 0 Å². The minimum absolute atomic E-state index is 0.188. The number of anilines is 1. The van der Waals surface area contributed by atoms with Crippen LogP contribution in [0, 0.1) is 11.7 Å². The van der Waals surface area contributed by atoms with E-state index in [1.165, 1.54) is 17.0 Å². The molecule has 2 heterocycles. The monoisotopic (exact) mass is 413 g/mol. The van der Waals surface area contributed by atoms with E-state index < -0.39 is 5.97 Å². The number of benzene rings is 1. The highest BCUT2D eigenvalue weighted by Crippen LogP contribution is 2.37. The molecule has 0 radical (unpaired) electrons. The zero-order valence-corrected chi connectivity index (χ0v) is 17.1. The Hall–Kier alpha value is -2.54. The highest BCUT2D eigenvalue weighted by atomic mass is 32.1. The van der Waals surface area contributed by atoms with E-state index in [-0.39, 0.29) is 17.7 Å². The van der Waals surface area contributed by atoms with Gasteiger partial charge in [0.15, 0.2) is 0 Å². The Bertz CT molecular complexity index is 1010. The molecule has 0 aliphatic heterocycles. The molecular weight excluding hydrogens is 389 g/mol. The van der Waals surface area contributed by atoms with Crippen LogP contribution in [0.3, 0.4) is 0 Å². The van der Waals surface area contributed by atoms with Crippen molar-refractivity contribution in [2.24, 2.45) is 5.92 Å². The highest BCUT2D eigenvalue weighted by molar-refractivity contribution is 7.18. The number of nitrogens with zero attached hydrogens (tertiary/aromatic N) is 2. The molecule has 0 unspecified atom stereocenters. The number of aryl methyl sites for hydroxylation is 1. The topological polar surface area (TPSA) is 75.1 Å². The van der Waals surface area contributed by atoms with E-state index in [0.29, 0.717) is 19.4 Å². The summed E-state index contributed by atoms with van der Waals surface area (Å²) in [5, 5.41) is 13.7. The molecule has 3 aromatic rings. The predicted molar refractivity (Wildman–Crippen MR) is 113 cm³/mol. The van der Waals surface area contributed by atoms with E-state index in [1.54, 1.807) is 23.5 Å². The molecule has 152 valence electrons. The maximum Gasteiger partial charge on any atom is 0.306 e. The van der Waals surface area contributed by atoms with Crippen molar-refractivity contribution in [2.75, 3.05) is 5.32 Å². The van der Waals surface area contributed by atoms with E-state index in [4.69, 9.17) is 9.97 Å². The molecule has 0 atom stereocenters. The lowest BCUT2D eigenvalue weighted by atomic mass is 9.81. The van der Waals surface area contributed by atoms with Gasteiger partial charge in [0.1, 0.15) is 22.3 Å². The zero-order valence-electron chi connectivity index (χ0n) is 16.3. The van der Waals surface area contributed by atoms with Gasteiger partial charge in [0, 0.05) is 17.3 Å². The van der Waals surface area contributed by atoms with Crippen molar-refractivity contribution < 1.29 is 14.3 Å². The van der Waals surface area contributed by atoms with Gasteiger partial charge in [0.2, 0.25) is 0 Å². The first-order valence-electron chi connectivity index (χ1n) is 10.0. The Morgan fingerprint density at radius 2 is 1.93 bits per heavy atom. The molecule has 1 aliphatic carbocycles. The second kappa shape index (κ2) is 8.45. The molecule has 1 aromatic carbocycles. The maximum atomic E-state index is 13.2. The molecule has 2 N–H and O–H groups in total. The lowest BCUT2D eigenvalue weighted by Crippen LogP contribution is -2.21. The van der Waals surface area contributed by atoms with Gasteiger partial charge in [-0.1, -0.05) is 19.1 Å². The van der Waals surface area contributed by atoms with Crippen molar-refractivity contribution in [3.63, 3.8) is 0 Å². The van der Waals surface area contributed by atoms with E-state index in [1.807, 2.05) is 0 Å². The number of hydrogen-bond acceptors (Lipinski definition) is 5. The summed E-state index contributed by atoms with van der Waals surface area (Å²) in [4.78, 5) is 23.1. The molecule has 5 nitrogen and oxygen atoms in total. The largest absolute Gasteiger partial charge is 0.481 e. The number of thiophene rings is 1. The van der Waals surface area contributed by atoms with Gasteiger partial charge < -0.3 is 10.4 Å². The average molecular weight is 414 g/mol. The summed E-state index contributed by atoms with van der Waals surface area (Å²) in [5.41, 5.74) is 0.979. The number of fused-ring (bicyclic) bond motifs is 1. The fourth-order valence-corrected chi connectivity index (χ4v) is 4.84. The van der Waals surface area contributed by atoms with Crippen LogP contribution in [0.1, 0.15) is 54.8 Å². The van der Waals surface area contributed by atoms with E-state index in [9.17, 15) is 14.3 Å². The summed E-state index contributed by atoms with van der Waals surface area (Å²) in [7, 11) is 0. The standard InChI is InChI=1S/C22H24FN3O2S/c1-2-17-11-18-20(24-12-13-3-9-16(23)10-4-13)25-19(26-21(18)29-17)14-5-7-15(8-6-14)22(27)28/h3-4,9-11,14-15H,2,5-8,12H2,1H3,(H,27,28)(H,24,25,26). The Morgan fingerprint density at radius 3 is 2.59 bits per heavy atom. The van der Waals surface area contributed by atoms with E-state index >= 15 is 0 Å². The summed E-state index contributed by atoms with van der Waals surface area (Å²) >= 11 is 1.68. The van der Waals surface area contributed by atoms with Crippen LogP contribution in [-0.2, 0) is 17.8 Å². The van der Waals surface area contributed by atoms with Crippen LogP contribution in [0.5, 0.6) is 0 Å². The van der Waals surface area contributed by atoms with E-state index in [0.717, 1.165) is 46.7 Å². The number of aliphatic carboxylic acids is 1. The summed E-state index contributed by atoms with van der Waals surface area (Å²) in [5.74, 6) is 0.585. The fraction of sp³-hybridized carbons (Fsp3) is 0.409. The van der Waals surface area contributed by atoms with Crippen molar-refractivity contribution >= 4 is 33.3 Å². The quantitative estimate of drug-likeness (QED) is 0.569. The Balaban J connectivity index is 1.60. The number of aromatic nitrogens is 2. The van der Waals surface area contributed by atoms with Gasteiger partial charge in [0.25, 0.3) is 0 Å². The van der Waals surface area contributed by atoms with Gasteiger partial charge in [-0.25, -0.2) is 14.4 Å². The Labute approximate surface area is 173 Å². The summed E-state index contributed by atoms with van der Waals surface area (Å²) in [6.45, 7) is 2.67. The van der Waals surface area contributed by atoms with Gasteiger partial charge in [-0.05, 0) is 55.9 Å². The number of carboxylic acids is 1. The Kier molecular flexibility index (Phi) is 5.76. The fourth-order valence-electron chi connectivity index (χ4n) is 3.87. The molecule has 2 aromatic heterocycles. The molecule has 7 heteroatoms. The van der Waals surface area contributed by atoms with Crippen LogP contribution in [0.15, 0.2) is 30.3 Å². The second-order valence-electron chi connectivity index (χ2n) is 7.58. The van der Waals surface area contributed by atoms with Crippen LogP contribution >= 0.6 is 11.3 Å². The van der Waals surface area contributed by atoms with Crippen LogP contribution in [0.25, 0.3) is 10.2 Å². The molecule has 4 rings (SSSR count). The first kappa shape index (κ1) is 19.8. The minimum Gasteiger partial charge on any atom is -0.481 e. The zero-order chi connectivity index (χ0) is 20.4. The third kappa shape index (κ3) is 4.40. The molecule has 0 spiro atoms. The molecule has 0 saturated heterocycles. The van der Waals surface area contributed by atoms with Crippen molar-refractivity contribution in [1.29, 1.82) is 0 Å². The SMILES string of the molecule is CCc1cc2c(NCc3ccc(F)cc3)nc(C3CCC(C(=O)O)CC3)nc2s1. The van der Waals surface area contributed by atoms with Crippen LogP contribution in [0.4, 0.5) is 10.2 Å². The smallest absolute Gasteiger partial charge is 0.306 e. The van der Waals surface area contributed by atoms with Crippen molar-refractivity contribution in [1.82, 2.24) is 9.97 Å². The molecule has 0 amide bonds. The molecule has 1 saturated carbocycles. The van der Waals surface area contributed by atoms with Crippen molar-refractivity contribution in [2.45, 2.75) is 51.5 Å². The summed E-state index contributed by atoms with van der Waals surface area (Å²) < 4.78 is 13.2. The molecular formula is C22H24FN3O2S. The lowest BCUT2D eigenvalue weighted by molar-refractivity contribution is -0.142. The van der Waals surface area contributed by atoms with Crippen molar-refractivity contribution in [3.05, 3.63) is 52.4 Å². The van der Waals surface area contributed by atoms with Crippen LogP contribution < -0.4 is 5.32 Å². The maximum absolute atomic E-state index is 13.2. The number of carbonyl (C=O) groups is 1. The highest BCUT2D eigenvalue weighted by Gasteiger charge is 2.29. The number of halogens is 1. The third-order valence-corrected chi connectivity index (χ3v) is 6.80. The summed E-state index contributed by atoms with van der Waals surface area (Å²) in [6, 6.07) is 8.58. The first-order chi connectivity index (χ1) is 14.0. The summed E-state index contributed by atoms with van der Waals surface area (Å²) in [6.07, 6.45) is 3.88. The lowest BCUT2D eigenvalue weighted by Gasteiger charge is -2.25. The predicted octanol–water partition coefficient (Wildman–Crippen LogP) is 5.36. The van der Waals surface area contributed by atoms with Gasteiger partial charge in [-0.15, -0.1) is 11.3 Å². The average Bonchev–Trinajstić information content (AvgIpc) is 3.16. The number of nitrogens with one attached hydrogen (secondary N) is 1. The number of carboxylic acid groups (broad SMARTS) is 1. The van der Waals surface area contributed by atoms with Crippen LogP contribution in [-0.4, -0.2) is 21.0 Å². The number of rotatable bonds is 6. The molecule has 29 heavy (non-hydrogen) atoms. The van der Waals surface area contributed by atoms with Crippen molar-refractivity contribution in [3.8, 4) is 0 Å². The minimum atomic E-state index is -0.702.